The summed E-state index contributed by atoms with van der Waals surface area (Å²) < 4.78 is 10.8. The Morgan fingerprint density at radius 2 is 2.04 bits per heavy atom. The Morgan fingerprint density at radius 1 is 1.24 bits per heavy atom. The zero-order chi connectivity index (χ0) is 17.6. The van der Waals surface area contributed by atoms with Crippen LogP contribution in [0.3, 0.4) is 0 Å². The molecule has 1 N–H and O–H groups in total. The highest BCUT2D eigenvalue weighted by Gasteiger charge is 2.14. The summed E-state index contributed by atoms with van der Waals surface area (Å²) in [5.41, 5.74) is 1.97. The van der Waals surface area contributed by atoms with Crippen molar-refractivity contribution in [2.45, 2.75) is 25.0 Å². The second-order valence-corrected chi connectivity index (χ2v) is 6.59. The monoisotopic (exact) mass is 357 g/mol. The van der Waals surface area contributed by atoms with Gasteiger partial charge in [-0.1, -0.05) is 49.0 Å². The van der Waals surface area contributed by atoms with E-state index in [4.69, 9.17) is 8.83 Å². The van der Waals surface area contributed by atoms with E-state index in [2.05, 4.69) is 34.6 Å². The second kappa shape index (κ2) is 8.02. The molecular formula is C18H19N3O3S. The first-order valence-corrected chi connectivity index (χ1v) is 8.94. The Kier molecular flexibility index (Phi) is 5.55. The average molecular weight is 357 g/mol. The van der Waals surface area contributed by atoms with Crippen LogP contribution in [-0.4, -0.2) is 28.4 Å². The number of nitrogens with one attached hydrogen (secondary N) is 1. The molecule has 7 heteroatoms. The summed E-state index contributed by atoms with van der Waals surface area (Å²) in [7, 11) is 0. The quantitative estimate of drug-likeness (QED) is 0.650. The Labute approximate surface area is 150 Å². The molecule has 0 aliphatic rings. The summed E-state index contributed by atoms with van der Waals surface area (Å²) in [5, 5.41) is 11.2. The average Bonchev–Trinajstić information content (AvgIpc) is 3.27. The molecule has 1 amide bonds. The molecule has 2 heterocycles. The van der Waals surface area contributed by atoms with E-state index in [0.29, 0.717) is 23.4 Å². The van der Waals surface area contributed by atoms with Crippen LogP contribution in [-0.2, 0) is 4.79 Å². The molecule has 0 fully saturated rings. The molecule has 0 aliphatic carbocycles. The van der Waals surface area contributed by atoms with Crippen LogP contribution >= 0.6 is 11.8 Å². The molecule has 6 nitrogen and oxygen atoms in total. The van der Waals surface area contributed by atoms with Crippen molar-refractivity contribution < 1.29 is 13.6 Å². The summed E-state index contributed by atoms with van der Waals surface area (Å²) in [6.45, 7) is 4.50. The van der Waals surface area contributed by atoms with E-state index in [1.54, 1.807) is 12.3 Å². The van der Waals surface area contributed by atoms with E-state index >= 15 is 0 Å². The summed E-state index contributed by atoms with van der Waals surface area (Å²) in [6, 6.07) is 11.9. The number of aryl methyl sites for hydroxylation is 1. The van der Waals surface area contributed by atoms with Gasteiger partial charge >= 0.3 is 0 Å². The lowest BCUT2D eigenvalue weighted by Crippen LogP contribution is -2.28. The summed E-state index contributed by atoms with van der Waals surface area (Å²) in [5.74, 6) is 1.54. The Balaban J connectivity index is 1.46. The normalized spacial score (nSPS) is 12.1. The van der Waals surface area contributed by atoms with Crippen LogP contribution in [0.5, 0.6) is 0 Å². The lowest BCUT2D eigenvalue weighted by Gasteiger charge is -2.12. The third-order valence-corrected chi connectivity index (χ3v) is 4.61. The van der Waals surface area contributed by atoms with Gasteiger partial charge in [-0.25, -0.2) is 0 Å². The van der Waals surface area contributed by atoms with Crippen LogP contribution in [0.2, 0.25) is 0 Å². The second-order valence-electron chi connectivity index (χ2n) is 5.67. The Morgan fingerprint density at radius 3 is 2.76 bits per heavy atom. The van der Waals surface area contributed by atoms with Gasteiger partial charge < -0.3 is 14.2 Å². The predicted octanol–water partition coefficient (Wildman–Crippen LogP) is 3.65. The minimum absolute atomic E-state index is 0.0629. The highest BCUT2D eigenvalue weighted by molar-refractivity contribution is 7.99. The van der Waals surface area contributed by atoms with Gasteiger partial charge in [0.2, 0.25) is 5.91 Å². The van der Waals surface area contributed by atoms with Crippen molar-refractivity contribution in [3.05, 3.63) is 54.0 Å². The number of hydrogen-bond acceptors (Lipinski definition) is 6. The standard InChI is InChI=1S/C18H19N3O3S/c1-12(14-6-4-3-5-7-14)10-19-16(22)11-25-18-21-20-17(24-18)15-8-9-23-13(15)2/h3-9,12H,10-11H2,1-2H3,(H,19,22)/t12-/m1/s1. The van der Waals surface area contributed by atoms with Gasteiger partial charge in [0.15, 0.2) is 0 Å². The van der Waals surface area contributed by atoms with Gasteiger partial charge in [0.05, 0.1) is 17.6 Å². The van der Waals surface area contributed by atoms with Crippen LogP contribution in [0, 0.1) is 6.92 Å². The minimum atomic E-state index is -0.0629. The third-order valence-electron chi connectivity index (χ3n) is 3.80. The van der Waals surface area contributed by atoms with Crippen molar-refractivity contribution in [1.29, 1.82) is 0 Å². The van der Waals surface area contributed by atoms with Gasteiger partial charge in [0.1, 0.15) is 5.76 Å². The maximum atomic E-state index is 12.0. The SMILES string of the molecule is Cc1occc1-c1nnc(SCC(=O)NC[C@@H](C)c2ccccc2)o1. The first-order valence-electron chi connectivity index (χ1n) is 7.96. The zero-order valence-electron chi connectivity index (χ0n) is 14.1. The summed E-state index contributed by atoms with van der Waals surface area (Å²) in [4.78, 5) is 12.0. The van der Waals surface area contributed by atoms with Crippen LogP contribution in [0.25, 0.3) is 11.5 Å². The lowest BCUT2D eigenvalue weighted by atomic mass is 10.0. The molecule has 3 rings (SSSR count). The summed E-state index contributed by atoms with van der Waals surface area (Å²) in [6.07, 6.45) is 1.57. The van der Waals surface area contributed by atoms with E-state index in [9.17, 15) is 4.79 Å². The smallest absolute Gasteiger partial charge is 0.277 e. The molecule has 0 unspecified atom stereocenters. The molecule has 3 aromatic rings. The summed E-state index contributed by atoms with van der Waals surface area (Å²) >= 11 is 1.22. The van der Waals surface area contributed by atoms with Crippen molar-refractivity contribution in [3.8, 4) is 11.5 Å². The maximum Gasteiger partial charge on any atom is 0.277 e. The predicted molar refractivity (Wildman–Crippen MR) is 95.3 cm³/mol. The topological polar surface area (TPSA) is 81.2 Å². The van der Waals surface area contributed by atoms with E-state index < -0.39 is 0 Å². The first-order chi connectivity index (χ1) is 12.1. The molecule has 1 atom stereocenters. The number of benzene rings is 1. The molecule has 0 saturated heterocycles. The van der Waals surface area contributed by atoms with E-state index in [1.165, 1.54) is 17.3 Å². The Hall–Kier alpha value is -2.54. The van der Waals surface area contributed by atoms with Crippen LogP contribution < -0.4 is 5.32 Å². The number of furan rings is 1. The van der Waals surface area contributed by atoms with Crippen molar-refractivity contribution >= 4 is 17.7 Å². The Bertz CT molecular complexity index is 829. The molecule has 0 radical (unpaired) electrons. The van der Waals surface area contributed by atoms with Gasteiger partial charge in [-0.15, -0.1) is 10.2 Å². The zero-order valence-corrected chi connectivity index (χ0v) is 14.9. The molecular weight excluding hydrogens is 338 g/mol. The number of carbonyl (C=O) groups is 1. The number of nitrogens with zero attached hydrogens (tertiary/aromatic N) is 2. The van der Waals surface area contributed by atoms with Gasteiger partial charge in [0.25, 0.3) is 11.1 Å². The molecule has 0 bridgehead atoms. The van der Waals surface area contributed by atoms with E-state index in [-0.39, 0.29) is 17.6 Å². The fraction of sp³-hybridized carbons (Fsp3) is 0.278. The highest BCUT2D eigenvalue weighted by atomic mass is 32.2. The fourth-order valence-electron chi connectivity index (χ4n) is 2.33. The number of carbonyl (C=O) groups excluding carboxylic acids is 1. The number of hydrogen-bond donors (Lipinski definition) is 1. The van der Waals surface area contributed by atoms with Crippen molar-refractivity contribution in [2.75, 3.05) is 12.3 Å². The van der Waals surface area contributed by atoms with Crippen molar-refractivity contribution in [2.24, 2.45) is 0 Å². The lowest BCUT2D eigenvalue weighted by molar-refractivity contribution is -0.118. The largest absolute Gasteiger partial charge is 0.469 e. The maximum absolute atomic E-state index is 12.0. The molecule has 0 saturated carbocycles. The van der Waals surface area contributed by atoms with E-state index in [1.807, 2.05) is 25.1 Å². The van der Waals surface area contributed by atoms with Crippen LogP contribution in [0.15, 0.2) is 56.7 Å². The highest BCUT2D eigenvalue weighted by Crippen LogP contribution is 2.26. The molecule has 0 spiro atoms. The number of rotatable bonds is 7. The number of aromatic nitrogens is 2. The van der Waals surface area contributed by atoms with Gasteiger partial charge in [-0.2, -0.15) is 0 Å². The van der Waals surface area contributed by atoms with Crippen molar-refractivity contribution in [1.82, 2.24) is 15.5 Å². The molecule has 25 heavy (non-hydrogen) atoms. The fourth-order valence-corrected chi connectivity index (χ4v) is 2.92. The number of amides is 1. The molecule has 1 aromatic carbocycles. The molecule has 130 valence electrons. The van der Waals surface area contributed by atoms with E-state index in [0.717, 1.165) is 5.56 Å². The number of thioether (sulfide) groups is 1. The van der Waals surface area contributed by atoms with Gasteiger partial charge in [-0.05, 0) is 24.5 Å². The van der Waals surface area contributed by atoms with Crippen molar-refractivity contribution in [3.63, 3.8) is 0 Å². The van der Waals surface area contributed by atoms with Crippen LogP contribution in [0.1, 0.15) is 24.2 Å². The first kappa shape index (κ1) is 17.3. The minimum Gasteiger partial charge on any atom is -0.469 e. The van der Waals surface area contributed by atoms with Crippen LogP contribution in [0.4, 0.5) is 0 Å². The third kappa shape index (κ3) is 4.51. The van der Waals surface area contributed by atoms with Gasteiger partial charge in [-0.3, -0.25) is 4.79 Å². The van der Waals surface area contributed by atoms with Gasteiger partial charge in [0, 0.05) is 6.54 Å². The molecule has 2 aromatic heterocycles. The molecule has 0 aliphatic heterocycles.